The smallest absolute Gasteiger partial charge is 0.0602 e. The quantitative estimate of drug-likeness (QED) is 0.761. The van der Waals surface area contributed by atoms with E-state index in [1.807, 2.05) is 18.7 Å². The zero-order valence-corrected chi connectivity index (χ0v) is 11.6. The monoisotopic (exact) mass is 240 g/mol. The second kappa shape index (κ2) is 4.38. The molecule has 0 aromatic rings. The molecular weight excluding hydrogens is 216 g/mol. The van der Waals surface area contributed by atoms with Crippen molar-refractivity contribution in [3.8, 4) is 0 Å². The van der Waals surface area contributed by atoms with Crippen molar-refractivity contribution in [2.45, 2.75) is 45.5 Å². The van der Waals surface area contributed by atoms with E-state index in [1.165, 1.54) is 6.42 Å². The molecule has 2 aliphatic carbocycles. The minimum absolute atomic E-state index is 0.180. The van der Waals surface area contributed by atoms with Crippen molar-refractivity contribution in [3.63, 3.8) is 0 Å². The summed E-state index contributed by atoms with van der Waals surface area (Å²) in [6.45, 7) is 9.09. The van der Waals surface area contributed by atoms with E-state index in [0.717, 1.165) is 23.5 Å². The third kappa shape index (κ3) is 1.84. The fourth-order valence-corrected chi connectivity index (χ4v) is 4.81. The van der Waals surface area contributed by atoms with E-state index < -0.39 is 0 Å². The number of aliphatic hydroxyl groups is 1. The highest BCUT2D eigenvalue weighted by Gasteiger charge is 2.53. The first-order chi connectivity index (χ1) is 7.46. The molecule has 0 aromatic heterocycles. The molecule has 0 heterocycles. The zero-order chi connectivity index (χ0) is 11.9. The van der Waals surface area contributed by atoms with E-state index in [2.05, 4.69) is 32.9 Å². The molecular formula is C14H24OS. The lowest BCUT2D eigenvalue weighted by Crippen LogP contribution is -2.38. The lowest BCUT2D eigenvalue weighted by atomic mass is 9.69. The van der Waals surface area contributed by atoms with E-state index in [0.29, 0.717) is 10.7 Å². The highest BCUT2D eigenvalue weighted by Crippen LogP contribution is 2.59. The van der Waals surface area contributed by atoms with Gasteiger partial charge in [0, 0.05) is 11.0 Å². The predicted octanol–water partition coefficient (Wildman–Crippen LogP) is 3.34. The minimum atomic E-state index is -0.180. The summed E-state index contributed by atoms with van der Waals surface area (Å²) in [6.07, 6.45) is 6.03. The fourth-order valence-electron chi connectivity index (χ4n) is 3.49. The number of rotatable bonds is 4. The van der Waals surface area contributed by atoms with Gasteiger partial charge in [-0.2, -0.15) is 11.8 Å². The topological polar surface area (TPSA) is 20.2 Å². The third-order valence-corrected chi connectivity index (χ3v) is 6.69. The largest absolute Gasteiger partial charge is 0.393 e. The lowest BCUT2D eigenvalue weighted by molar-refractivity contribution is 0.178. The van der Waals surface area contributed by atoms with Gasteiger partial charge in [-0.1, -0.05) is 32.9 Å². The number of fused-ring (bicyclic) bond motifs is 2. The van der Waals surface area contributed by atoms with Crippen LogP contribution in [0.1, 0.15) is 34.1 Å². The standard InChI is InChI=1S/C14H24OS/c1-9(15)8-16-11(3)14(4)10(2)12-5-6-13(14)7-12/h5-6,9-13,15H,7-8H2,1-4H3. The average Bonchev–Trinajstić information content (AvgIpc) is 2.79. The molecule has 0 aliphatic heterocycles. The van der Waals surface area contributed by atoms with Gasteiger partial charge >= 0.3 is 0 Å². The number of allylic oxidation sites excluding steroid dienone is 2. The Kier molecular flexibility index (Phi) is 3.42. The summed E-state index contributed by atoms with van der Waals surface area (Å²) in [5.74, 6) is 3.23. The van der Waals surface area contributed by atoms with Crippen LogP contribution in [-0.2, 0) is 0 Å². The maximum Gasteiger partial charge on any atom is 0.0602 e. The van der Waals surface area contributed by atoms with Crippen LogP contribution in [0.2, 0.25) is 0 Å². The van der Waals surface area contributed by atoms with Crippen LogP contribution in [0.3, 0.4) is 0 Å². The summed E-state index contributed by atoms with van der Waals surface area (Å²) in [5.41, 5.74) is 0.430. The summed E-state index contributed by atoms with van der Waals surface area (Å²) in [6, 6.07) is 0. The fraction of sp³-hybridized carbons (Fsp3) is 0.857. The molecule has 1 N–H and O–H groups in total. The SMILES string of the molecule is CC(O)CSC(C)C1(C)C2C=CC(C2)C1C. The highest BCUT2D eigenvalue weighted by molar-refractivity contribution is 7.99. The summed E-state index contributed by atoms with van der Waals surface area (Å²) in [5, 5.41) is 10.0. The molecule has 6 atom stereocenters. The van der Waals surface area contributed by atoms with Crippen LogP contribution in [0.15, 0.2) is 12.2 Å². The van der Waals surface area contributed by atoms with E-state index in [4.69, 9.17) is 0 Å². The summed E-state index contributed by atoms with van der Waals surface area (Å²) in [4.78, 5) is 0. The van der Waals surface area contributed by atoms with Crippen LogP contribution >= 0.6 is 11.8 Å². The van der Waals surface area contributed by atoms with Gasteiger partial charge in [0.05, 0.1) is 6.10 Å². The Morgan fingerprint density at radius 1 is 1.44 bits per heavy atom. The van der Waals surface area contributed by atoms with Crippen molar-refractivity contribution in [2.24, 2.45) is 23.2 Å². The molecule has 2 heteroatoms. The third-order valence-electron chi connectivity index (χ3n) is 5.00. The van der Waals surface area contributed by atoms with E-state index in [1.54, 1.807) is 0 Å². The first-order valence-corrected chi connectivity index (χ1v) is 7.49. The number of thioether (sulfide) groups is 1. The van der Waals surface area contributed by atoms with Gasteiger partial charge < -0.3 is 5.11 Å². The van der Waals surface area contributed by atoms with Crippen molar-refractivity contribution in [2.75, 3.05) is 5.75 Å². The Morgan fingerprint density at radius 3 is 2.62 bits per heavy atom. The summed E-state index contributed by atoms with van der Waals surface area (Å²) >= 11 is 1.94. The summed E-state index contributed by atoms with van der Waals surface area (Å²) < 4.78 is 0. The molecule has 16 heavy (non-hydrogen) atoms. The molecule has 0 spiro atoms. The second-order valence-electron chi connectivity index (χ2n) is 5.87. The van der Waals surface area contributed by atoms with Crippen LogP contribution in [0.5, 0.6) is 0 Å². The Morgan fingerprint density at radius 2 is 2.12 bits per heavy atom. The minimum Gasteiger partial charge on any atom is -0.393 e. The summed E-state index contributed by atoms with van der Waals surface area (Å²) in [7, 11) is 0. The van der Waals surface area contributed by atoms with Crippen molar-refractivity contribution >= 4 is 11.8 Å². The first kappa shape index (κ1) is 12.5. The van der Waals surface area contributed by atoms with Crippen molar-refractivity contribution in [1.29, 1.82) is 0 Å². The highest BCUT2D eigenvalue weighted by atomic mass is 32.2. The number of hydrogen-bond donors (Lipinski definition) is 1. The molecule has 2 rings (SSSR count). The molecule has 0 amide bonds. The molecule has 1 nitrogen and oxygen atoms in total. The molecule has 2 bridgehead atoms. The lowest BCUT2D eigenvalue weighted by Gasteiger charge is -2.42. The van der Waals surface area contributed by atoms with Crippen molar-refractivity contribution in [1.82, 2.24) is 0 Å². The molecule has 0 radical (unpaired) electrons. The van der Waals surface area contributed by atoms with Gasteiger partial charge in [-0.3, -0.25) is 0 Å². The molecule has 1 fully saturated rings. The number of hydrogen-bond acceptors (Lipinski definition) is 2. The zero-order valence-electron chi connectivity index (χ0n) is 10.8. The average molecular weight is 240 g/mol. The molecule has 0 saturated heterocycles. The van der Waals surface area contributed by atoms with Crippen molar-refractivity contribution < 1.29 is 5.11 Å². The molecule has 2 aliphatic rings. The Hall–Kier alpha value is 0.0500. The van der Waals surface area contributed by atoms with Crippen LogP contribution in [-0.4, -0.2) is 22.2 Å². The molecule has 0 aromatic carbocycles. The normalized spacial score (nSPS) is 44.9. The molecule has 92 valence electrons. The Labute approximate surface area is 104 Å². The Balaban J connectivity index is 2.04. The molecule has 1 saturated carbocycles. The van der Waals surface area contributed by atoms with Gasteiger partial charge in [-0.05, 0) is 36.5 Å². The first-order valence-electron chi connectivity index (χ1n) is 6.44. The van der Waals surface area contributed by atoms with Gasteiger partial charge in [-0.15, -0.1) is 0 Å². The van der Waals surface area contributed by atoms with E-state index >= 15 is 0 Å². The van der Waals surface area contributed by atoms with Crippen LogP contribution in [0, 0.1) is 23.2 Å². The van der Waals surface area contributed by atoms with Gasteiger partial charge in [-0.25, -0.2) is 0 Å². The Bertz CT molecular complexity index is 286. The maximum atomic E-state index is 9.39. The van der Waals surface area contributed by atoms with Gasteiger partial charge in [0.2, 0.25) is 0 Å². The van der Waals surface area contributed by atoms with Gasteiger partial charge in [0.25, 0.3) is 0 Å². The molecule has 6 unspecified atom stereocenters. The predicted molar refractivity (Wildman–Crippen MR) is 71.6 cm³/mol. The van der Waals surface area contributed by atoms with Crippen LogP contribution in [0.25, 0.3) is 0 Å². The van der Waals surface area contributed by atoms with Crippen LogP contribution < -0.4 is 0 Å². The van der Waals surface area contributed by atoms with Crippen LogP contribution in [0.4, 0.5) is 0 Å². The van der Waals surface area contributed by atoms with E-state index in [9.17, 15) is 5.11 Å². The maximum absolute atomic E-state index is 9.39. The van der Waals surface area contributed by atoms with Gasteiger partial charge in [0.1, 0.15) is 0 Å². The van der Waals surface area contributed by atoms with Crippen molar-refractivity contribution in [3.05, 3.63) is 12.2 Å². The van der Waals surface area contributed by atoms with E-state index in [-0.39, 0.29) is 6.10 Å². The second-order valence-corrected chi connectivity index (χ2v) is 7.24. The number of aliphatic hydroxyl groups excluding tert-OH is 1. The van der Waals surface area contributed by atoms with Gasteiger partial charge in [0.15, 0.2) is 0 Å².